The van der Waals surface area contributed by atoms with E-state index in [0.29, 0.717) is 5.19 Å². The molecule has 0 spiro atoms. The van der Waals surface area contributed by atoms with Gasteiger partial charge in [0.2, 0.25) is 0 Å². The van der Waals surface area contributed by atoms with Gasteiger partial charge in [0.15, 0.2) is 0 Å². The highest BCUT2D eigenvalue weighted by Gasteiger charge is 2.34. The fourth-order valence-corrected chi connectivity index (χ4v) is 5.97. The average molecular weight is 227 g/mol. The smallest absolute Gasteiger partial charge is 0.144 e. The minimum Gasteiger partial charge on any atom is -0.506 e. The maximum absolute atomic E-state index is 13.7. The van der Waals surface area contributed by atoms with Crippen LogP contribution in [0.25, 0.3) is 0 Å². The Morgan fingerprint density at radius 3 is 2.13 bits per heavy atom. The van der Waals surface area contributed by atoms with Crippen molar-refractivity contribution in [3.05, 3.63) is 18.2 Å². The highest BCUT2D eigenvalue weighted by molar-refractivity contribution is 6.92. The number of hydrogen-bond donors (Lipinski definition) is 1. The Labute approximate surface area is 91.2 Å². The predicted octanol–water partition coefficient (Wildman–Crippen LogP) is 2.64. The molecule has 15 heavy (non-hydrogen) atoms. The van der Waals surface area contributed by atoms with Crippen LogP contribution in [0.2, 0.25) is 18.1 Å². The fourth-order valence-electron chi connectivity index (χ4n) is 2.23. The van der Waals surface area contributed by atoms with E-state index in [1.165, 1.54) is 12.4 Å². The van der Waals surface area contributed by atoms with Crippen LogP contribution in [0.3, 0.4) is 0 Å². The zero-order valence-corrected chi connectivity index (χ0v) is 10.5. The monoisotopic (exact) mass is 227 g/mol. The average Bonchev–Trinajstić information content (AvgIpc) is 2.24. The van der Waals surface area contributed by atoms with Crippen molar-refractivity contribution in [2.45, 2.75) is 38.9 Å². The number of pyridine rings is 1. The number of aromatic hydroxyl groups is 1. The van der Waals surface area contributed by atoms with Crippen molar-refractivity contribution in [1.29, 1.82) is 0 Å². The number of halogens is 1. The number of rotatable bonds is 4. The molecule has 1 heterocycles. The Morgan fingerprint density at radius 1 is 1.20 bits per heavy atom. The van der Waals surface area contributed by atoms with Crippen LogP contribution in [0.15, 0.2) is 12.4 Å². The summed E-state index contributed by atoms with van der Waals surface area (Å²) in [7, 11) is -1.85. The first-order chi connectivity index (χ1) is 7.11. The lowest BCUT2D eigenvalue weighted by Gasteiger charge is -2.29. The molecule has 0 aliphatic rings. The van der Waals surface area contributed by atoms with Crippen LogP contribution in [0.5, 0.6) is 5.75 Å². The summed E-state index contributed by atoms with van der Waals surface area (Å²) in [6.45, 7) is 6.25. The molecule has 0 saturated carbocycles. The first-order valence-corrected chi connectivity index (χ1v) is 8.06. The molecular formula is C11H18FNOSi. The summed E-state index contributed by atoms with van der Waals surface area (Å²) in [4.78, 5) is 3.66. The summed E-state index contributed by atoms with van der Waals surface area (Å²) < 4.78 is 13.7. The van der Waals surface area contributed by atoms with Crippen LogP contribution < -0.4 is 5.19 Å². The van der Waals surface area contributed by atoms with Gasteiger partial charge in [-0.05, 0) is 0 Å². The summed E-state index contributed by atoms with van der Waals surface area (Å²) >= 11 is 0. The first kappa shape index (κ1) is 12.2. The molecule has 1 rings (SSSR count). The first-order valence-electron chi connectivity index (χ1n) is 5.44. The molecule has 0 fully saturated rings. The largest absolute Gasteiger partial charge is 0.506 e. The number of nitrogens with zero attached hydrogens (tertiary/aromatic N) is 1. The molecule has 0 saturated heterocycles. The maximum atomic E-state index is 13.7. The zero-order chi connectivity index (χ0) is 11.5. The third kappa shape index (κ3) is 2.04. The van der Waals surface area contributed by atoms with E-state index < -0.39 is 8.07 Å². The second kappa shape index (κ2) is 4.75. The van der Waals surface area contributed by atoms with Gasteiger partial charge in [-0.1, -0.05) is 38.9 Å². The van der Waals surface area contributed by atoms with Crippen LogP contribution in [0.1, 0.15) is 20.8 Å². The van der Waals surface area contributed by atoms with Gasteiger partial charge in [-0.25, -0.2) is 4.39 Å². The molecule has 1 N–H and O–H groups in total. The van der Waals surface area contributed by atoms with E-state index in [-0.39, 0.29) is 11.6 Å². The van der Waals surface area contributed by atoms with Crippen molar-refractivity contribution >= 4 is 13.3 Å². The molecule has 1 aromatic heterocycles. The van der Waals surface area contributed by atoms with Gasteiger partial charge in [0.25, 0.3) is 0 Å². The van der Waals surface area contributed by atoms with Crippen molar-refractivity contribution in [2.24, 2.45) is 0 Å². The summed E-state index contributed by atoms with van der Waals surface area (Å²) in [5.41, 5.74) is 0. The standard InChI is InChI=1S/C11H18FNOSi/c1-4-15(5-2,6-3)11-9(12)7-13-8-10(11)14/h7-8,14H,4-6H2,1-3H3. The summed E-state index contributed by atoms with van der Waals surface area (Å²) in [5, 5.41) is 10.3. The second-order valence-electron chi connectivity index (χ2n) is 3.86. The van der Waals surface area contributed by atoms with Gasteiger partial charge < -0.3 is 5.11 Å². The predicted molar refractivity (Wildman–Crippen MR) is 62.7 cm³/mol. The summed E-state index contributed by atoms with van der Waals surface area (Å²) in [5.74, 6) is -0.306. The Balaban J connectivity index is 3.34. The Hall–Kier alpha value is -0.903. The minimum absolute atomic E-state index is 0.0345. The summed E-state index contributed by atoms with van der Waals surface area (Å²) in [6.07, 6.45) is 2.55. The molecule has 0 radical (unpaired) electrons. The Morgan fingerprint density at radius 2 is 1.73 bits per heavy atom. The maximum Gasteiger partial charge on any atom is 0.144 e. The van der Waals surface area contributed by atoms with Crippen molar-refractivity contribution < 1.29 is 9.50 Å². The Kier molecular flexibility index (Phi) is 3.85. The van der Waals surface area contributed by atoms with Gasteiger partial charge >= 0.3 is 0 Å². The van der Waals surface area contributed by atoms with E-state index in [0.717, 1.165) is 18.1 Å². The lowest BCUT2D eigenvalue weighted by molar-refractivity contribution is 0.470. The van der Waals surface area contributed by atoms with E-state index >= 15 is 0 Å². The van der Waals surface area contributed by atoms with Gasteiger partial charge in [-0.2, -0.15) is 0 Å². The van der Waals surface area contributed by atoms with E-state index in [1.54, 1.807) is 0 Å². The highest BCUT2D eigenvalue weighted by Crippen LogP contribution is 2.24. The SMILES string of the molecule is CC[Si](CC)(CC)c1c(O)cncc1F. The van der Waals surface area contributed by atoms with Gasteiger partial charge in [0.05, 0.1) is 20.5 Å². The molecule has 0 amide bonds. The zero-order valence-electron chi connectivity index (χ0n) is 9.55. The van der Waals surface area contributed by atoms with Gasteiger partial charge in [0, 0.05) is 5.19 Å². The topological polar surface area (TPSA) is 33.1 Å². The molecule has 2 nitrogen and oxygen atoms in total. The van der Waals surface area contributed by atoms with Crippen molar-refractivity contribution in [3.8, 4) is 5.75 Å². The lowest BCUT2D eigenvalue weighted by atomic mass is 10.4. The van der Waals surface area contributed by atoms with E-state index in [2.05, 4.69) is 25.8 Å². The molecule has 0 bridgehead atoms. The van der Waals surface area contributed by atoms with Crippen molar-refractivity contribution in [2.75, 3.05) is 0 Å². The molecular weight excluding hydrogens is 209 g/mol. The highest BCUT2D eigenvalue weighted by atomic mass is 28.3. The molecule has 1 aromatic rings. The van der Waals surface area contributed by atoms with E-state index in [4.69, 9.17) is 0 Å². The fraction of sp³-hybridized carbons (Fsp3) is 0.545. The van der Waals surface area contributed by atoms with E-state index in [9.17, 15) is 9.50 Å². The molecule has 4 heteroatoms. The molecule has 0 atom stereocenters. The summed E-state index contributed by atoms with van der Waals surface area (Å²) in [6, 6.07) is 2.86. The normalized spacial score (nSPS) is 11.7. The van der Waals surface area contributed by atoms with Gasteiger partial charge in [-0.15, -0.1) is 0 Å². The van der Waals surface area contributed by atoms with Gasteiger partial charge in [-0.3, -0.25) is 4.98 Å². The lowest BCUT2D eigenvalue weighted by Crippen LogP contribution is -2.47. The molecule has 84 valence electrons. The van der Waals surface area contributed by atoms with Crippen LogP contribution in [0.4, 0.5) is 4.39 Å². The van der Waals surface area contributed by atoms with Gasteiger partial charge in [0.1, 0.15) is 11.6 Å². The van der Waals surface area contributed by atoms with Crippen LogP contribution in [-0.2, 0) is 0 Å². The molecule has 0 aliphatic heterocycles. The van der Waals surface area contributed by atoms with Crippen molar-refractivity contribution in [3.63, 3.8) is 0 Å². The van der Waals surface area contributed by atoms with Crippen LogP contribution in [-0.4, -0.2) is 18.2 Å². The van der Waals surface area contributed by atoms with E-state index in [1.807, 2.05) is 0 Å². The Bertz CT molecular complexity index is 311. The van der Waals surface area contributed by atoms with Crippen molar-refractivity contribution in [1.82, 2.24) is 4.98 Å². The molecule has 0 aliphatic carbocycles. The molecule has 0 unspecified atom stereocenters. The number of aromatic nitrogens is 1. The van der Waals surface area contributed by atoms with Crippen LogP contribution >= 0.6 is 0 Å². The molecule has 0 aromatic carbocycles. The number of hydrogen-bond acceptors (Lipinski definition) is 2. The second-order valence-corrected chi connectivity index (χ2v) is 9.04. The van der Waals surface area contributed by atoms with Crippen LogP contribution in [0, 0.1) is 5.82 Å². The third-order valence-corrected chi connectivity index (χ3v) is 9.06. The quantitative estimate of drug-likeness (QED) is 0.802. The minimum atomic E-state index is -1.85. The third-order valence-electron chi connectivity index (χ3n) is 3.44.